The molecule has 2 saturated heterocycles. The maximum Gasteiger partial charge on any atom is 0.408 e. The maximum atomic E-state index is 13.7. The number of esters is 7. The van der Waals surface area contributed by atoms with Gasteiger partial charge < -0.3 is 62.7 Å². The van der Waals surface area contributed by atoms with Crippen LogP contribution in [0.3, 0.4) is 0 Å². The van der Waals surface area contributed by atoms with Gasteiger partial charge in [-0.1, -0.05) is 13.3 Å². The first-order valence-electron chi connectivity index (χ1n) is 18.3. The van der Waals surface area contributed by atoms with Crippen LogP contribution >= 0.6 is 0 Å². The van der Waals surface area contributed by atoms with E-state index < -0.39 is 140 Å². The summed E-state index contributed by atoms with van der Waals surface area (Å²) in [6.07, 6.45) is -17.2. The fraction of sp³-hybridized carbons (Fsp3) is 0.750. The first-order valence-corrected chi connectivity index (χ1v) is 18.3. The third-order valence-corrected chi connectivity index (χ3v) is 7.80. The van der Waals surface area contributed by atoms with Crippen LogP contribution in [0.4, 0.5) is 4.79 Å². The van der Waals surface area contributed by atoms with Crippen molar-refractivity contribution in [3.63, 3.8) is 0 Å². The van der Waals surface area contributed by atoms with Gasteiger partial charge in [-0.15, -0.1) is 0 Å². The van der Waals surface area contributed by atoms with E-state index in [4.69, 9.17) is 52.1 Å². The monoisotopic (exact) mass is 834 g/mol. The number of nitrogens with one attached hydrogen (secondary N) is 2. The molecule has 2 heterocycles. The van der Waals surface area contributed by atoms with E-state index in [1.165, 1.54) is 0 Å². The van der Waals surface area contributed by atoms with Crippen molar-refractivity contribution in [3.05, 3.63) is 0 Å². The van der Waals surface area contributed by atoms with Gasteiger partial charge >= 0.3 is 47.9 Å². The van der Waals surface area contributed by atoms with Crippen LogP contribution in [0.25, 0.3) is 0 Å². The Morgan fingerprint density at radius 3 is 1.45 bits per heavy atom. The van der Waals surface area contributed by atoms with Crippen molar-refractivity contribution in [1.82, 2.24) is 10.6 Å². The highest BCUT2D eigenvalue weighted by Crippen LogP contribution is 2.35. The molecule has 2 amide bonds. The molecule has 0 aromatic heterocycles. The first-order chi connectivity index (χ1) is 26.9. The lowest BCUT2D eigenvalue weighted by Crippen LogP contribution is -2.69. The second kappa shape index (κ2) is 22.2. The van der Waals surface area contributed by atoms with E-state index in [1.807, 2.05) is 0 Å². The Morgan fingerprint density at radius 2 is 1.00 bits per heavy atom. The molecule has 328 valence electrons. The Balaban J connectivity index is 2.75. The molecular formula is C36H54N2O20. The van der Waals surface area contributed by atoms with Gasteiger partial charge in [0.1, 0.15) is 43.2 Å². The van der Waals surface area contributed by atoms with Crippen LogP contribution < -0.4 is 10.6 Å². The quantitative estimate of drug-likeness (QED) is 0.157. The van der Waals surface area contributed by atoms with Gasteiger partial charge in [0.15, 0.2) is 43.0 Å². The van der Waals surface area contributed by atoms with Crippen LogP contribution in [0.2, 0.25) is 0 Å². The van der Waals surface area contributed by atoms with E-state index in [-0.39, 0.29) is 6.42 Å². The molecule has 2 aliphatic heterocycles. The average molecular weight is 835 g/mol. The molecule has 22 heteroatoms. The number of carbonyl (C=O) groups is 9. The average Bonchev–Trinajstić information content (AvgIpc) is 3.06. The zero-order valence-electron chi connectivity index (χ0n) is 34.3. The number of alkyl carbamates (subject to hydrolysis) is 1. The van der Waals surface area contributed by atoms with Crippen LogP contribution in [0.1, 0.15) is 89.0 Å². The molecule has 2 aliphatic rings. The van der Waals surface area contributed by atoms with Gasteiger partial charge in [-0.3, -0.25) is 38.4 Å². The van der Waals surface area contributed by atoms with E-state index in [0.717, 1.165) is 48.5 Å². The molecule has 0 aromatic rings. The van der Waals surface area contributed by atoms with Gasteiger partial charge in [0.05, 0.1) is 0 Å². The number of hydrogen-bond donors (Lipinski definition) is 2. The van der Waals surface area contributed by atoms with Crippen molar-refractivity contribution >= 4 is 53.8 Å². The summed E-state index contributed by atoms with van der Waals surface area (Å²) >= 11 is 0. The lowest BCUT2D eigenvalue weighted by molar-refractivity contribution is -0.345. The number of amides is 2. The van der Waals surface area contributed by atoms with Gasteiger partial charge in [0.25, 0.3) is 0 Å². The third kappa shape index (κ3) is 16.0. The van der Waals surface area contributed by atoms with Crippen LogP contribution in [-0.4, -0.2) is 140 Å². The summed E-state index contributed by atoms with van der Waals surface area (Å²) in [7, 11) is 0. The fourth-order valence-corrected chi connectivity index (χ4v) is 5.88. The zero-order valence-corrected chi connectivity index (χ0v) is 34.3. The third-order valence-electron chi connectivity index (χ3n) is 7.80. The molecule has 11 unspecified atom stereocenters. The molecule has 0 aromatic carbocycles. The molecule has 22 nitrogen and oxygen atoms in total. The van der Waals surface area contributed by atoms with Gasteiger partial charge in [-0.05, 0) is 27.2 Å². The minimum absolute atomic E-state index is 0.106. The molecule has 58 heavy (non-hydrogen) atoms. The van der Waals surface area contributed by atoms with Crippen LogP contribution in [0.15, 0.2) is 0 Å². The first kappa shape index (κ1) is 49.1. The topological polar surface area (TPSA) is 279 Å². The van der Waals surface area contributed by atoms with Gasteiger partial charge in [-0.2, -0.15) is 0 Å². The minimum atomic E-state index is -1.89. The molecule has 0 radical (unpaired) electrons. The van der Waals surface area contributed by atoms with Crippen molar-refractivity contribution < 1.29 is 95.3 Å². The Bertz CT molecular complexity index is 1510. The Hall–Kier alpha value is -5.09. The second-order valence-corrected chi connectivity index (χ2v) is 14.2. The zero-order chi connectivity index (χ0) is 44.1. The van der Waals surface area contributed by atoms with Crippen LogP contribution in [0.5, 0.6) is 0 Å². The van der Waals surface area contributed by atoms with Gasteiger partial charge in [-0.25, -0.2) is 4.79 Å². The summed E-state index contributed by atoms with van der Waals surface area (Å²) < 4.78 is 61.7. The smallest absolute Gasteiger partial charge is 0.408 e. The highest BCUT2D eigenvalue weighted by atomic mass is 16.8. The largest absolute Gasteiger partial charge is 0.463 e. The van der Waals surface area contributed by atoms with E-state index in [9.17, 15) is 43.2 Å². The summed E-state index contributed by atoms with van der Waals surface area (Å²) in [4.78, 5) is 113. The van der Waals surface area contributed by atoms with Crippen LogP contribution in [-0.2, 0) is 90.5 Å². The van der Waals surface area contributed by atoms with E-state index in [1.54, 1.807) is 27.7 Å². The van der Waals surface area contributed by atoms with E-state index in [2.05, 4.69) is 10.6 Å². The lowest BCUT2D eigenvalue weighted by Gasteiger charge is -2.49. The Kier molecular flexibility index (Phi) is 18.7. The maximum absolute atomic E-state index is 13.7. The lowest BCUT2D eigenvalue weighted by atomic mass is 9.95. The SMILES string of the molecule is CCCC(NC(=O)OC(C)(C)C)C(=O)NC1OC(COC(C)=O)C(OC2OC(COC(C)=O)C(OC(C)=O)C(OC(C)=O)C2OC(C)=O)C(OC(C)=O)C1OC(C)=O. The molecular weight excluding hydrogens is 780 g/mol. The van der Waals surface area contributed by atoms with Gasteiger partial charge in [0, 0.05) is 48.5 Å². The Morgan fingerprint density at radius 1 is 0.569 bits per heavy atom. The number of carbonyl (C=O) groups excluding carboxylic acids is 9. The van der Waals surface area contributed by atoms with Crippen molar-refractivity contribution in [2.75, 3.05) is 13.2 Å². The van der Waals surface area contributed by atoms with Crippen molar-refractivity contribution in [3.8, 4) is 0 Å². The molecule has 0 bridgehead atoms. The highest BCUT2D eigenvalue weighted by molar-refractivity contribution is 5.86. The summed E-state index contributed by atoms with van der Waals surface area (Å²) in [5.41, 5.74) is -0.906. The molecule has 2 fully saturated rings. The second-order valence-electron chi connectivity index (χ2n) is 14.2. The molecule has 0 saturated carbocycles. The fourth-order valence-electron chi connectivity index (χ4n) is 5.88. The summed E-state index contributed by atoms with van der Waals surface area (Å²) in [6.45, 7) is 12.5. The highest BCUT2D eigenvalue weighted by Gasteiger charge is 2.57. The molecule has 0 aliphatic carbocycles. The summed E-state index contributed by atoms with van der Waals surface area (Å²) in [6, 6.07) is -1.22. The van der Waals surface area contributed by atoms with E-state index >= 15 is 0 Å². The number of rotatable bonds is 16. The van der Waals surface area contributed by atoms with Crippen molar-refractivity contribution in [1.29, 1.82) is 0 Å². The molecule has 0 spiro atoms. The standard InChI is InChI=1S/C36H54N2O20/c1-12-13-23(37-35(47)58-36(9,10)11)32(46)38-33-30(53-21(7)44)28(51-19(5)42)27(24(55-33)14-48-16(2)39)57-34-31(54-22(8)45)29(52-20(6)43)26(50-18(4)41)25(56-34)15-49-17(3)40/h23-31,33-34H,12-15H2,1-11H3,(H,37,47)(H,38,46). The Labute approximate surface area is 334 Å². The normalized spacial score (nSPS) is 27.3. The summed E-state index contributed by atoms with van der Waals surface area (Å²) in [5.74, 6) is -7.16. The molecule has 11 atom stereocenters. The van der Waals surface area contributed by atoms with E-state index in [0.29, 0.717) is 6.42 Å². The predicted octanol–water partition coefficient (Wildman–Crippen LogP) is 0.416. The summed E-state index contributed by atoms with van der Waals surface area (Å²) in [5, 5.41) is 5.02. The number of ether oxygens (including phenoxy) is 11. The van der Waals surface area contributed by atoms with Gasteiger partial charge in [0.2, 0.25) is 5.91 Å². The molecule has 2 rings (SSSR count). The van der Waals surface area contributed by atoms with Crippen molar-refractivity contribution in [2.24, 2.45) is 0 Å². The van der Waals surface area contributed by atoms with Crippen molar-refractivity contribution in [2.45, 2.75) is 162 Å². The molecule has 2 N–H and O–H groups in total. The van der Waals surface area contributed by atoms with Crippen LogP contribution in [0, 0.1) is 0 Å². The predicted molar refractivity (Wildman–Crippen MR) is 189 cm³/mol. The number of hydrogen-bond acceptors (Lipinski definition) is 20. The minimum Gasteiger partial charge on any atom is -0.463 e.